The second kappa shape index (κ2) is 13.8. The highest BCUT2D eigenvalue weighted by Crippen LogP contribution is 2.43. The van der Waals surface area contributed by atoms with Crippen molar-refractivity contribution in [1.29, 1.82) is 0 Å². The largest absolute Gasteiger partial charge is 0.456 e. The zero-order chi connectivity index (χ0) is 34.7. The van der Waals surface area contributed by atoms with Crippen molar-refractivity contribution in [2.75, 3.05) is 4.90 Å². The van der Waals surface area contributed by atoms with Crippen molar-refractivity contribution in [3.05, 3.63) is 212 Å². The van der Waals surface area contributed by atoms with Gasteiger partial charge in [-0.1, -0.05) is 164 Å². The molecule has 9 rings (SSSR count). The van der Waals surface area contributed by atoms with Crippen molar-refractivity contribution in [3.8, 4) is 55.8 Å². The highest BCUT2D eigenvalue weighted by Gasteiger charge is 2.19. The van der Waals surface area contributed by atoms with Gasteiger partial charge in [-0.05, 0) is 87.5 Å². The third-order valence-corrected chi connectivity index (χ3v) is 9.69. The third kappa shape index (κ3) is 6.19. The van der Waals surface area contributed by atoms with Crippen molar-refractivity contribution in [1.82, 2.24) is 0 Å². The van der Waals surface area contributed by atoms with Gasteiger partial charge in [0.05, 0.1) is 5.69 Å². The maximum atomic E-state index is 6.33. The predicted molar refractivity (Wildman–Crippen MR) is 218 cm³/mol. The Morgan fingerprint density at radius 1 is 0.308 bits per heavy atom. The second-order valence-electron chi connectivity index (χ2n) is 13.0. The monoisotopic (exact) mass is 665 g/mol. The van der Waals surface area contributed by atoms with E-state index in [0.717, 1.165) is 50.5 Å². The molecule has 8 aromatic carbocycles. The first-order chi connectivity index (χ1) is 25.8. The van der Waals surface area contributed by atoms with Gasteiger partial charge in [-0.25, -0.2) is 0 Å². The predicted octanol–water partition coefficient (Wildman–Crippen LogP) is 14.2. The normalized spacial score (nSPS) is 11.1. The molecule has 0 aliphatic rings. The molecule has 0 radical (unpaired) electrons. The van der Waals surface area contributed by atoms with E-state index >= 15 is 0 Å². The van der Waals surface area contributed by atoms with Crippen molar-refractivity contribution < 1.29 is 4.42 Å². The SMILES string of the molecule is c1ccc(-c2ccc(-c3ccccc3N(c3ccc(-c4cccc(-c5ccccc5)c4)cc3)c3cccc(-c4cc5ccccc5o4)c3)cc2)cc1. The molecule has 9 aromatic rings. The molecule has 0 spiro atoms. The minimum absolute atomic E-state index is 0.849. The molecule has 0 amide bonds. The fraction of sp³-hybridized carbons (Fsp3) is 0. The van der Waals surface area contributed by atoms with E-state index in [1.54, 1.807) is 0 Å². The molecule has 0 fully saturated rings. The van der Waals surface area contributed by atoms with Gasteiger partial charge >= 0.3 is 0 Å². The summed E-state index contributed by atoms with van der Waals surface area (Å²) >= 11 is 0. The number of nitrogens with zero attached hydrogens (tertiary/aromatic N) is 1. The fourth-order valence-corrected chi connectivity index (χ4v) is 7.05. The molecule has 1 heterocycles. The first kappa shape index (κ1) is 31.1. The molecule has 2 heteroatoms. The Bertz CT molecular complexity index is 2570. The number of anilines is 3. The molecule has 0 aliphatic heterocycles. The quantitative estimate of drug-likeness (QED) is 0.161. The standard InChI is InChI=1S/C50H35NO/c1-3-13-36(14-4-1)38-25-27-40(28-26-38)47-22-8-9-23-48(47)51(46-21-12-20-43(34-46)50-35-44-17-7-10-24-49(44)52-50)45-31-29-39(30-32-45)42-19-11-18-41(33-42)37-15-5-2-6-16-37/h1-35H. The van der Waals surface area contributed by atoms with Gasteiger partial charge in [-0.3, -0.25) is 0 Å². The van der Waals surface area contributed by atoms with Crippen LogP contribution in [0.25, 0.3) is 66.8 Å². The lowest BCUT2D eigenvalue weighted by Crippen LogP contribution is -2.11. The van der Waals surface area contributed by atoms with E-state index in [9.17, 15) is 0 Å². The van der Waals surface area contributed by atoms with E-state index in [-0.39, 0.29) is 0 Å². The topological polar surface area (TPSA) is 16.4 Å². The fourth-order valence-electron chi connectivity index (χ4n) is 7.05. The molecule has 1 aromatic heterocycles. The van der Waals surface area contributed by atoms with Crippen molar-refractivity contribution in [3.63, 3.8) is 0 Å². The van der Waals surface area contributed by atoms with Crippen LogP contribution in [0.2, 0.25) is 0 Å². The molecule has 0 saturated carbocycles. The summed E-state index contributed by atoms with van der Waals surface area (Å²) in [5, 5.41) is 1.09. The van der Waals surface area contributed by atoms with Crippen LogP contribution >= 0.6 is 0 Å². The first-order valence-corrected chi connectivity index (χ1v) is 17.7. The van der Waals surface area contributed by atoms with Gasteiger partial charge in [0.15, 0.2) is 0 Å². The number of benzene rings is 8. The molecular formula is C50H35NO. The van der Waals surface area contributed by atoms with Crippen LogP contribution in [0.5, 0.6) is 0 Å². The number of fused-ring (bicyclic) bond motifs is 1. The molecule has 0 N–H and O–H groups in total. The Morgan fingerprint density at radius 3 is 1.56 bits per heavy atom. The number of hydrogen-bond acceptors (Lipinski definition) is 2. The maximum absolute atomic E-state index is 6.33. The number of para-hydroxylation sites is 2. The summed E-state index contributed by atoms with van der Waals surface area (Å²) in [6.07, 6.45) is 0. The molecule has 0 saturated heterocycles. The molecule has 2 nitrogen and oxygen atoms in total. The Balaban J connectivity index is 1.14. The molecule has 0 aliphatic carbocycles. The first-order valence-electron chi connectivity index (χ1n) is 17.7. The Kier molecular flexibility index (Phi) is 8.24. The van der Waals surface area contributed by atoms with Gasteiger partial charge in [0.25, 0.3) is 0 Å². The van der Waals surface area contributed by atoms with E-state index < -0.39 is 0 Å². The molecule has 0 atom stereocenters. The van der Waals surface area contributed by atoms with E-state index in [1.807, 2.05) is 18.2 Å². The minimum atomic E-state index is 0.849. The van der Waals surface area contributed by atoms with Crippen LogP contribution in [0.15, 0.2) is 217 Å². The van der Waals surface area contributed by atoms with Gasteiger partial charge in [-0.15, -0.1) is 0 Å². The van der Waals surface area contributed by atoms with Crippen LogP contribution < -0.4 is 4.90 Å². The average Bonchev–Trinajstić information content (AvgIpc) is 3.67. The van der Waals surface area contributed by atoms with Crippen molar-refractivity contribution in [2.45, 2.75) is 0 Å². The van der Waals surface area contributed by atoms with Gasteiger partial charge < -0.3 is 9.32 Å². The van der Waals surface area contributed by atoms with Crippen LogP contribution in [-0.4, -0.2) is 0 Å². The summed E-state index contributed by atoms with van der Waals surface area (Å²) in [5.41, 5.74) is 14.6. The van der Waals surface area contributed by atoms with E-state index in [2.05, 4.69) is 199 Å². The van der Waals surface area contributed by atoms with Crippen LogP contribution in [-0.2, 0) is 0 Å². The zero-order valence-corrected chi connectivity index (χ0v) is 28.6. The number of rotatable bonds is 8. The summed E-state index contributed by atoms with van der Waals surface area (Å²) in [7, 11) is 0. The smallest absolute Gasteiger partial charge is 0.135 e. The van der Waals surface area contributed by atoms with Crippen LogP contribution in [0, 0.1) is 0 Å². The lowest BCUT2D eigenvalue weighted by molar-refractivity contribution is 0.631. The lowest BCUT2D eigenvalue weighted by atomic mass is 9.97. The summed E-state index contributed by atoms with van der Waals surface area (Å²) in [6, 6.07) is 75.3. The molecular weight excluding hydrogens is 631 g/mol. The number of furan rings is 1. The maximum Gasteiger partial charge on any atom is 0.135 e. The van der Waals surface area contributed by atoms with Crippen LogP contribution in [0.3, 0.4) is 0 Å². The van der Waals surface area contributed by atoms with Gasteiger partial charge in [-0.2, -0.15) is 0 Å². The number of hydrogen-bond donors (Lipinski definition) is 0. The van der Waals surface area contributed by atoms with E-state index in [4.69, 9.17) is 4.42 Å². The van der Waals surface area contributed by atoms with E-state index in [1.165, 1.54) is 33.4 Å². The van der Waals surface area contributed by atoms with Crippen molar-refractivity contribution >= 4 is 28.0 Å². The Labute approximate surface area is 304 Å². The third-order valence-electron chi connectivity index (χ3n) is 9.69. The zero-order valence-electron chi connectivity index (χ0n) is 28.6. The lowest BCUT2D eigenvalue weighted by Gasteiger charge is -2.28. The Morgan fingerprint density at radius 2 is 0.827 bits per heavy atom. The summed E-state index contributed by atoms with van der Waals surface area (Å²) < 4.78 is 6.33. The molecule has 0 unspecified atom stereocenters. The highest BCUT2D eigenvalue weighted by molar-refractivity contribution is 5.90. The highest BCUT2D eigenvalue weighted by atomic mass is 16.3. The summed E-state index contributed by atoms with van der Waals surface area (Å²) in [4.78, 5) is 2.36. The second-order valence-corrected chi connectivity index (χ2v) is 13.0. The van der Waals surface area contributed by atoms with Crippen LogP contribution in [0.4, 0.5) is 17.1 Å². The van der Waals surface area contributed by atoms with Gasteiger partial charge in [0, 0.05) is 27.9 Å². The average molecular weight is 666 g/mol. The summed E-state index contributed by atoms with van der Waals surface area (Å²) in [5.74, 6) is 0.849. The summed E-state index contributed by atoms with van der Waals surface area (Å²) in [6.45, 7) is 0. The molecule has 246 valence electrons. The van der Waals surface area contributed by atoms with Crippen molar-refractivity contribution in [2.24, 2.45) is 0 Å². The molecule has 0 bridgehead atoms. The minimum Gasteiger partial charge on any atom is -0.456 e. The van der Waals surface area contributed by atoms with E-state index in [0.29, 0.717) is 0 Å². The Hall–Kier alpha value is -6.90. The van der Waals surface area contributed by atoms with Gasteiger partial charge in [0.1, 0.15) is 11.3 Å². The van der Waals surface area contributed by atoms with Crippen LogP contribution in [0.1, 0.15) is 0 Å². The molecule has 52 heavy (non-hydrogen) atoms. The van der Waals surface area contributed by atoms with Gasteiger partial charge in [0.2, 0.25) is 0 Å².